The number of hydrogen-bond acceptors (Lipinski definition) is 3. The van der Waals surface area contributed by atoms with Gasteiger partial charge in [0.25, 0.3) is 0 Å². The fraction of sp³-hybridized carbons (Fsp3) is 0.417. The molecule has 0 atom stereocenters. The molecule has 1 aliphatic heterocycles. The van der Waals surface area contributed by atoms with Gasteiger partial charge in [-0.1, -0.05) is 36.4 Å². The van der Waals surface area contributed by atoms with E-state index in [4.69, 9.17) is 0 Å². The molecule has 0 aliphatic carbocycles. The van der Waals surface area contributed by atoms with Crippen LogP contribution in [0.3, 0.4) is 0 Å². The maximum absolute atomic E-state index is 12.3. The second-order valence-corrected chi connectivity index (χ2v) is 8.20. The van der Waals surface area contributed by atoms with E-state index >= 15 is 0 Å². The lowest BCUT2D eigenvalue weighted by molar-refractivity contribution is -0.128. The zero-order valence-electron chi connectivity index (χ0n) is 18.1. The number of urea groups is 1. The normalized spacial score (nSPS) is 13.9. The molecule has 1 fully saturated rings. The lowest BCUT2D eigenvalue weighted by atomic mass is 10.1. The number of hydrogen-bond donors (Lipinski definition) is 2. The third-order valence-corrected chi connectivity index (χ3v) is 5.62. The van der Waals surface area contributed by atoms with Crippen LogP contribution in [-0.2, 0) is 24.4 Å². The van der Waals surface area contributed by atoms with E-state index in [0.717, 1.165) is 36.3 Å². The molecule has 1 aliphatic rings. The Bertz CT molecular complexity index is 864. The largest absolute Gasteiger partial charge is 0.338 e. The molecule has 6 heteroatoms. The van der Waals surface area contributed by atoms with E-state index in [9.17, 15) is 9.59 Å². The van der Waals surface area contributed by atoms with Crippen LogP contribution in [0.4, 0.5) is 10.5 Å². The number of nitrogens with one attached hydrogen (secondary N) is 2. The molecule has 0 radical (unpaired) electrons. The lowest BCUT2D eigenvalue weighted by Crippen LogP contribution is -2.30. The van der Waals surface area contributed by atoms with Gasteiger partial charge in [-0.2, -0.15) is 0 Å². The third-order valence-electron chi connectivity index (χ3n) is 5.62. The minimum atomic E-state index is -0.232. The predicted molar refractivity (Wildman–Crippen MR) is 120 cm³/mol. The Balaban J connectivity index is 1.51. The highest BCUT2D eigenvalue weighted by molar-refractivity contribution is 5.89. The van der Waals surface area contributed by atoms with Crippen molar-refractivity contribution in [3.8, 4) is 0 Å². The van der Waals surface area contributed by atoms with Crippen LogP contribution < -0.4 is 10.6 Å². The zero-order chi connectivity index (χ0) is 21.5. The van der Waals surface area contributed by atoms with E-state index in [0.29, 0.717) is 25.6 Å². The standard InChI is InChI=1S/C24H32N4O2/c1-18(2)27(3)17-21-8-5-4-7-20(21)15-25-24(30)26-22-12-10-19(11-13-22)16-28-14-6-9-23(28)29/h4-5,7-8,10-13,18H,6,9,14-17H2,1-3H3,(H2,25,26,30). The van der Waals surface area contributed by atoms with Crippen LogP contribution in [0.2, 0.25) is 0 Å². The summed E-state index contributed by atoms with van der Waals surface area (Å²) in [5.74, 6) is 0.219. The molecule has 160 valence electrons. The average molecular weight is 409 g/mol. The van der Waals surface area contributed by atoms with Gasteiger partial charge in [-0.05, 0) is 56.1 Å². The molecule has 0 aromatic heterocycles. The van der Waals surface area contributed by atoms with Crippen LogP contribution in [0.15, 0.2) is 48.5 Å². The van der Waals surface area contributed by atoms with E-state index in [1.807, 2.05) is 41.3 Å². The highest BCUT2D eigenvalue weighted by Gasteiger charge is 2.19. The topological polar surface area (TPSA) is 64.7 Å². The number of rotatable bonds is 8. The fourth-order valence-electron chi connectivity index (χ4n) is 3.47. The number of carbonyl (C=O) groups is 2. The molecule has 0 saturated carbocycles. The van der Waals surface area contributed by atoms with Crippen LogP contribution in [0.1, 0.15) is 43.4 Å². The van der Waals surface area contributed by atoms with Crippen molar-refractivity contribution in [2.45, 2.75) is 52.4 Å². The molecule has 2 aromatic rings. The summed E-state index contributed by atoms with van der Waals surface area (Å²) >= 11 is 0. The molecular formula is C24H32N4O2. The molecule has 0 bridgehead atoms. The number of amides is 3. The second-order valence-electron chi connectivity index (χ2n) is 8.20. The Morgan fingerprint density at radius 1 is 1.10 bits per heavy atom. The zero-order valence-corrected chi connectivity index (χ0v) is 18.1. The number of anilines is 1. The van der Waals surface area contributed by atoms with Crippen molar-refractivity contribution in [2.75, 3.05) is 18.9 Å². The second kappa shape index (κ2) is 10.3. The van der Waals surface area contributed by atoms with Crippen molar-refractivity contribution in [1.29, 1.82) is 0 Å². The van der Waals surface area contributed by atoms with Crippen molar-refractivity contribution in [3.05, 3.63) is 65.2 Å². The van der Waals surface area contributed by atoms with Crippen molar-refractivity contribution in [3.63, 3.8) is 0 Å². The van der Waals surface area contributed by atoms with Gasteiger partial charge >= 0.3 is 6.03 Å². The summed E-state index contributed by atoms with van der Waals surface area (Å²) in [5, 5.41) is 5.83. The van der Waals surface area contributed by atoms with Crippen LogP contribution in [0.5, 0.6) is 0 Å². The van der Waals surface area contributed by atoms with E-state index in [-0.39, 0.29) is 11.9 Å². The van der Waals surface area contributed by atoms with E-state index in [2.05, 4.69) is 48.6 Å². The summed E-state index contributed by atoms with van der Waals surface area (Å²) in [6.45, 7) is 7.12. The van der Waals surface area contributed by atoms with Crippen molar-refractivity contribution < 1.29 is 9.59 Å². The minimum Gasteiger partial charge on any atom is -0.338 e. The molecule has 0 unspecified atom stereocenters. The van der Waals surface area contributed by atoms with Crippen molar-refractivity contribution in [1.82, 2.24) is 15.1 Å². The number of likely N-dealkylation sites (tertiary alicyclic amines) is 1. The maximum atomic E-state index is 12.3. The highest BCUT2D eigenvalue weighted by atomic mass is 16.2. The van der Waals surface area contributed by atoms with Crippen LogP contribution in [0.25, 0.3) is 0 Å². The third kappa shape index (κ3) is 6.07. The van der Waals surface area contributed by atoms with Gasteiger partial charge in [0, 0.05) is 44.3 Å². The van der Waals surface area contributed by atoms with Gasteiger partial charge < -0.3 is 15.5 Å². The summed E-state index contributed by atoms with van der Waals surface area (Å²) < 4.78 is 0. The number of benzene rings is 2. The first-order valence-corrected chi connectivity index (χ1v) is 10.6. The van der Waals surface area contributed by atoms with E-state index in [1.54, 1.807) is 0 Å². The molecule has 1 saturated heterocycles. The summed E-state index contributed by atoms with van der Waals surface area (Å²) in [4.78, 5) is 28.3. The molecule has 0 spiro atoms. The van der Waals surface area contributed by atoms with Gasteiger partial charge in [0.1, 0.15) is 0 Å². The molecular weight excluding hydrogens is 376 g/mol. The van der Waals surface area contributed by atoms with Crippen molar-refractivity contribution >= 4 is 17.6 Å². The van der Waals surface area contributed by atoms with Gasteiger partial charge in [-0.15, -0.1) is 0 Å². The molecule has 30 heavy (non-hydrogen) atoms. The van der Waals surface area contributed by atoms with Crippen LogP contribution in [0, 0.1) is 0 Å². The SMILES string of the molecule is CC(C)N(C)Cc1ccccc1CNC(=O)Nc1ccc(CN2CCCC2=O)cc1. The van der Waals surface area contributed by atoms with E-state index in [1.165, 1.54) is 5.56 Å². The molecule has 2 N–H and O–H groups in total. The van der Waals surface area contributed by atoms with Gasteiger partial charge in [-0.3, -0.25) is 9.69 Å². The summed E-state index contributed by atoms with van der Waals surface area (Å²) in [5.41, 5.74) is 4.14. The predicted octanol–water partition coefficient (Wildman–Crippen LogP) is 3.97. The van der Waals surface area contributed by atoms with Crippen molar-refractivity contribution in [2.24, 2.45) is 0 Å². The van der Waals surface area contributed by atoms with Gasteiger partial charge in [0.15, 0.2) is 0 Å². The number of carbonyl (C=O) groups excluding carboxylic acids is 2. The highest BCUT2D eigenvalue weighted by Crippen LogP contribution is 2.16. The fourth-order valence-corrected chi connectivity index (χ4v) is 3.47. The molecule has 3 amide bonds. The summed E-state index contributed by atoms with van der Waals surface area (Å²) in [6.07, 6.45) is 1.59. The quantitative estimate of drug-likeness (QED) is 0.695. The maximum Gasteiger partial charge on any atom is 0.319 e. The van der Waals surface area contributed by atoms with Gasteiger partial charge in [-0.25, -0.2) is 4.79 Å². The first kappa shape index (κ1) is 21.8. The van der Waals surface area contributed by atoms with E-state index < -0.39 is 0 Å². The Morgan fingerprint density at radius 3 is 2.43 bits per heavy atom. The van der Waals surface area contributed by atoms with Crippen LogP contribution >= 0.6 is 0 Å². The molecule has 3 rings (SSSR count). The average Bonchev–Trinajstić information content (AvgIpc) is 3.13. The minimum absolute atomic E-state index is 0.219. The first-order valence-electron chi connectivity index (χ1n) is 10.6. The molecule has 6 nitrogen and oxygen atoms in total. The van der Waals surface area contributed by atoms with Crippen LogP contribution in [-0.4, -0.2) is 41.4 Å². The molecule has 2 aromatic carbocycles. The van der Waals surface area contributed by atoms with Gasteiger partial charge in [0.05, 0.1) is 0 Å². The van der Waals surface area contributed by atoms with Gasteiger partial charge in [0.2, 0.25) is 5.91 Å². The lowest BCUT2D eigenvalue weighted by Gasteiger charge is -2.22. The first-order chi connectivity index (χ1) is 14.4. The molecule has 1 heterocycles. The summed E-state index contributed by atoms with van der Waals surface area (Å²) in [7, 11) is 2.10. The Morgan fingerprint density at radius 2 is 1.80 bits per heavy atom. The Hall–Kier alpha value is -2.86. The Kier molecular flexibility index (Phi) is 7.46. The number of nitrogens with zero attached hydrogens (tertiary/aromatic N) is 2. The Labute approximate surface area is 179 Å². The monoisotopic (exact) mass is 408 g/mol. The smallest absolute Gasteiger partial charge is 0.319 e. The summed E-state index contributed by atoms with van der Waals surface area (Å²) in [6, 6.07) is 16.1.